The van der Waals surface area contributed by atoms with E-state index in [1.54, 1.807) is 30.3 Å². The predicted molar refractivity (Wildman–Crippen MR) is 97.0 cm³/mol. The highest BCUT2D eigenvalue weighted by Crippen LogP contribution is 2.37. The summed E-state index contributed by atoms with van der Waals surface area (Å²) in [6, 6.07) is 13.0. The zero-order valence-corrected chi connectivity index (χ0v) is 14.5. The summed E-state index contributed by atoms with van der Waals surface area (Å²) in [6.07, 6.45) is -1.08. The standard InChI is InChI=1S/C20H17FN2O4/c1-26-15-5-6-16-17(8-15)19(12-3-2-4-13(21)7-12)18(9-22)23-20(16)27-11-14(25)10-24/h2-8,14,24-25H,10-11H2,1H3/t14-/m0/s1. The number of nitriles is 1. The Morgan fingerprint density at radius 2 is 2.04 bits per heavy atom. The van der Waals surface area contributed by atoms with Gasteiger partial charge in [-0.3, -0.25) is 0 Å². The first-order chi connectivity index (χ1) is 13.1. The number of rotatable bonds is 6. The van der Waals surface area contributed by atoms with Crippen molar-refractivity contribution in [1.82, 2.24) is 4.98 Å². The number of nitrogens with zero attached hydrogens (tertiary/aromatic N) is 2. The minimum Gasteiger partial charge on any atom is -0.497 e. The highest BCUT2D eigenvalue weighted by molar-refractivity contribution is 6.01. The summed E-state index contributed by atoms with van der Waals surface area (Å²) in [6.45, 7) is -0.646. The van der Waals surface area contributed by atoms with Gasteiger partial charge in [-0.05, 0) is 35.9 Å². The number of ether oxygens (including phenoxy) is 2. The van der Waals surface area contributed by atoms with E-state index in [0.29, 0.717) is 27.6 Å². The molecule has 1 heterocycles. The topological polar surface area (TPSA) is 95.6 Å². The second-order valence-corrected chi connectivity index (χ2v) is 5.82. The molecule has 0 radical (unpaired) electrons. The number of methoxy groups -OCH3 is 1. The van der Waals surface area contributed by atoms with Crippen molar-refractivity contribution >= 4 is 10.8 Å². The van der Waals surface area contributed by atoms with E-state index < -0.39 is 18.5 Å². The van der Waals surface area contributed by atoms with E-state index in [2.05, 4.69) is 4.98 Å². The molecular formula is C20H17FN2O4. The van der Waals surface area contributed by atoms with E-state index in [0.717, 1.165) is 0 Å². The molecule has 2 aromatic carbocycles. The molecule has 0 spiro atoms. The van der Waals surface area contributed by atoms with E-state index in [4.69, 9.17) is 14.6 Å². The summed E-state index contributed by atoms with van der Waals surface area (Å²) in [7, 11) is 1.52. The van der Waals surface area contributed by atoms with Gasteiger partial charge in [0.1, 0.15) is 30.3 Å². The van der Waals surface area contributed by atoms with Crippen molar-refractivity contribution in [2.24, 2.45) is 0 Å². The van der Waals surface area contributed by atoms with E-state index in [1.165, 1.54) is 19.2 Å². The molecule has 0 saturated heterocycles. The molecule has 2 N–H and O–H groups in total. The summed E-state index contributed by atoms with van der Waals surface area (Å²) in [5.74, 6) is 0.257. The van der Waals surface area contributed by atoms with Crippen molar-refractivity contribution in [3.8, 4) is 28.8 Å². The second-order valence-electron chi connectivity index (χ2n) is 5.82. The number of aromatic nitrogens is 1. The van der Waals surface area contributed by atoms with Crippen molar-refractivity contribution in [2.45, 2.75) is 6.10 Å². The minimum absolute atomic E-state index is 0.0508. The summed E-state index contributed by atoms with van der Waals surface area (Å²) >= 11 is 0. The van der Waals surface area contributed by atoms with Gasteiger partial charge in [-0.1, -0.05) is 12.1 Å². The third-order valence-corrected chi connectivity index (χ3v) is 4.02. The molecule has 0 aliphatic rings. The van der Waals surface area contributed by atoms with Crippen LogP contribution in [0, 0.1) is 17.1 Å². The Balaban J connectivity index is 2.26. The summed E-state index contributed by atoms with van der Waals surface area (Å²) < 4.78 is 24.5. The average molecular weight is 368 g/mol. The molecule has 0 unspecified atom stereocenters. The molecule has 1 aromatic heterocycles. The molecule has 0 amide bonds. The fourth-order valence-corrected chi connectivity index (χ4v) is 2.74. The third kappa shape index (κ3) is 3.82. The summed E-state index contributed by atoms with van der Waals surface area (Å²) in [5, 5.41) is 29.3. The minimum atomic E-state index is -1.08. The van der Waals surface area contributed by atoms with Gasteiger partial charge in [0.2, 0.25) is 5.88 Å². The lowest BCUT2D eigenvalue weighted by Crippen LogP contribution is -2.21. The molecule has 138 valence electrons. The van der Waals surface area contributed by atoms with Gasteiger partial charge in [0, 0.05) is 16.3 Å². The first-order valence-electron chi connectivity index (χ1n) is 8.17. The monoisotopic (exact) mass is 368 g/mol. The van der Waals surface area contributed by atoms with E-state index in [9.17, 15) is 14.8 Å². The number of benzene rings is 2. The van der Waals surface area contributed by atoms with Crippen LogP contribution in [0.4, 0.5) is 4.39 Å². The van der Waals surface area contributed by atoms with Crippen LogP contribution >= 0.6 is 0 Å². The van der Waals surface area contributed by atoms with Crippen molar-refractivity contribution in [2.75, 3.05) is 20.3 Å². The van der Waals surface area contributed by atoms with Crippen molar-refractivity contribution < 1.29 is 24.1 Å². The Labute approximate surface area is 155 Å². The molecule has 0 bridgehead atoms. The SMILES string of the molecule is COc1ccc2c(OC[C@@H](O)CO)nc(C#N)c(-c3cccc(F)c3)c2c1. The smallest absolute Gasteiger partial charge is 0.222 e. The molecule has 0 aliphatic heterocycles. The Morgan fingerprint density at radius 3 is 2.70 bits per heavy atom. The van der Waals surface area contributed by atoms with Crippen LogP contribution in [0.3, 0.4) is 0 Å². The van der Waals surface area contributed by atoms with E-state index in [1.807, 2.05) is 6.07 Å². The number of halogens is 1. The highest BCUT2D eigenvalue weighted by atomic mass is 19.1. The van der Waals surface area contributed by atoms with Gasteiger partial charge in [-0.15, -0.1) is 0 Å². The van der Waals surface area contributed by atoms with E-state index in [-0.39, 0.29) is 18.2 Å². The molecule has 0 saturated carbocycles. The fraction of sp³-hybridized carbons (Fsp3) is 0.200. The van der Waals surface area contributed by atoms with Crippen LogP contribution in [0.15, 0.2) is 42.5 Å². The van der Waals surface area contributed by atoms with Crippen LogP contribution in [0.2, 0.25) is 0 Å². The van der Waals surface area contributed by atoms with Gasteiger partial charge in [-0.2, -0.15) is 5.26 Å². The Bertz CT molecular complexity index is 1020. The number of hydrogen-bond acceptors (Lipinski definition) is 6. The summed E-state index contributed by atoms with van der Waals surface area (Å²) in [5.41, 5.74) is 1.01. The lowest BCUT2D eigenvalue weighted by atomic mass is 9.97. The van der Waals surface area contributed by atoms with Crippen molar-refractivity contribution in [3.63, 3.8) is 0 Å². The van der Waals surface area contributed by atoms with Gasteiger partial charge in [-0.25, -0.2) is 9.37 Å². The van der Waals surface area contributed by atoms with Crippen LogP contribution < -0.4 is 9.47 Å². The molecule has 0 aliphatic carbocycles. The molecule has 1 atom stereocenters. The Hall–Kier alpha value is -3.21. The van der Waals surface area contributed by atoms with Crippen LogP contribution in [0.25, 0.3) is 21.9 Å². The first kappa shape index (κ1) is 18.6. The van der Waals surface area contributed by atoms with Gasteiger partial charge in [0.05, 0.1) is 13.7 Å². The van der Waals surface area contributed by atoms with E-state index >= 15 is 0 Å². The largest absolute Gasteiger partial charge is 0.497 e. The molecule has 0 fully saturated rings. The number of aliphatic hydroxyl groups excluding tert-OH is 2. The quantitative estimate of drug-likeness (QED) is 0.694. The third-order valence-electron chi connectivity index (χ3n) is 4.02. The fourth-order valence-electron chi connectivity index (χ4n) is 2.74. The average Bonchev–Trinajstić information content (AvgIpc) is 2.70. The van der Waals surface area contributed by atoms with Crippen LogP contribution in [0.5, 0.6) is 11.6 Å². The lowest BCUT2D eigenvalue weighted by Gasteiger charge is -2.15. The molecule has 3 rings (SSSR count). The van der Waals surface area contributed by atoms with Gasteiger partial charge < -0.3 is 19.7 Å². The maximum absolute atomic E-state index is 13.8. The first-order valence-corrected chi connectivity index (χ1v) is 8.17. The molecule has 27 heavy (non-hydrogen) atoms. The Morgan fingerprint density at radius 1 is 1.22 bits per heavy atom. The maximum atomic E-state index is 13.8. The predicted octanol–water partition coefficient (Wildman–Crippen LogP) is 2.65. The molecule has 3 aromatic rings. The lowest BCUT2D eigenvalue weighted by molar-refractivity contribution is 0.0526. The van der Waals surface area contributed by atoms with Gasteiger partial charge in [0.15, 0.2) is 5.69 Å². The highest BCUT2D eigenvalue weighted by Gasteiger charge is 2.18. The molecular weight excluding hydrogens is 351 g/mol. The van der Waals surface area contributed by atoms with Crippen molar-refractivity contribution in [3.05, 3.63) is 54.0 Å². The maximum Gasteiger partial charge on any atom is 0.222 e. The summed E-state index contributed by atoms with van der Waals surface area (Å²) in [4.78, 5) is 4.25. The molecule has 6 nitrogen and oxygen atoms in total. The van der Waals surface area contributed by atoms with Gasteiger partial charge >= 0.3 is 0 Å². The Kier molecular flexibility index (Phi) is 5.50. The molecule has 7 heteroatoms. The van der Waals surface area contributed by atoms with Crippen molar-refractivity contribution in [1.29, 1.82) is 5.26 Å². The number of fused-ring (bicyclic) bond motifs is 1. The zero-order valence-electron chi connectivity index (χ0n) is 14.5. The zero-order chi connectivity index (χ0) is 19.4. The number of pyridine rings is 1. The normalized spacial score (nSPS) is 11.8. The second kappa shape index (κ2) is 7.99. The van der Waals surface area contributed by atoms with Gasteiger partial charge in [0.25, 0.3) is 0 Å². The number of hydrogen-bond donors (Lipinski definition) is 2. The number of aliphatic hydroxyl groups is 2. The van der Waals surface area contributed by atoms with Crippen LogP contribution in [0.1, 0.15) is 5.69 Å². The van der Waals surface area contributed by atoms with Crippen LogP contribution in [-0.4, -0.2) is 41.6 Å². The van der Waals surface area contributed by atoms with Crippen LogP contribution in [-0.2, 0) is 0 Å².